The molecule has 0 bridgehead atoms. The van der Waals surface area contributed by atoms with Gasteiger partial charge in [0, 0.05) is 31.6 Å². The Bertz CT molecular complexity index is 1060. The van der Waals surface area contributed by atoms with E-state index in [1.54, 1.807) is 25.3 Å². The Morgan fingerprint density at radius 3 is 2.66 bits per heavy atom. The number of aliphatic hydroxyl groups excluding tert-OH is 1. The van der Waals surface area contributed by atoms with E-state index in [-0.39, 0.29) is 11.9 Å². The first-order valence-corrected chi connectivity index (χ1v) is 10.7. The highest BCUT2D eigenvalue weighted by atomic mass is 19.1. The van der Waals surface area contributed by atoms with Crippen molar-refractivity contribution in [3.05, 3.63) is 101 Å². The van der Waals surface area contributed by atoms with Crippen LogP contribution < -0.4 is 4.74 Å². The van der Waals surface area contributed by atoms with Crippen molar-refractivity contribution in [3.8, 4) is 5.75 Å². The number of aliphatic hydroxyl groups is 1. The fourth-order valence-corrected chi connectivity index (χ4v) is 3.93. The van der Waals surface area contributed by atoms with Crippen LogP contribution >= 0.6 is 0 Å². The fraction of sp³-hybridized carbons (Fsp3) is 0.269. The summed E-state index contributed by atoms with van der Waals surface area (Å²) in [6.45, 7) is 1.58. The minimum Gasteiger partial charge on any atom is -0.497 e. The zero-order valence-electron chi connectivity index (χ0n) is 18.0. The van der Waals surface area contributed by atoms with Crippen LogP contribution in [-0.4, -0.2) is 42.0 Å². The summed E-state index contributed by atoms with van der Waals surface area (Å²) < 4.78 is 19.5. The molecule has 4 rings (SSSR count). The molecule has 166 valence electrons. The lowest BCUT2D eigenvalue weighted by molar-refractivity contribution is 0.0318. The minimum absolute atomic E-state index is 0.224. The molecule has 0 spiro atoms. The number of nitrogens with zero attached hydrogens (tertiary/aromatic N) is 2. The van der Waals surface area contributed by atoms with Crippen molar-refractivity contribution in [2.75, 3.05) is 20.2 Å². The monoisotopic (exact) mass is 434 g/mol. The summed E-state index contributed by atoms with van der Waals surface area (Å²) in [6, 6.07) is 24.1. The molecular weight excluding hydrogens is 407 g/mol. The number of ether oxygens (including phenoxy) is 1. The Kier molecular flexibility index (Phi) is 7.14. The Morgan fingerprint density at radius 1 is 1.09 bits per heavy atom. The van der Waals surface area contributed by atoms with Crippen molar-refractivity contribution in [1.29, 1.82) is 0 Å². The molecule has 1 aliphatic heterocycles. The third-order valence-electron chi connectivity index (χ3n) is 5.54. The summed E-state index contributed by atoms with van der Waals surface area (Å²) in [5.74, 6) is 0.483. The van der Waals surface area contributed by atoms with Crippen molar-refractivity contribution < 1.29 is 19.1 Å². The van der Waals surface area contributed by atoms with Crippen LogP contribution in [0.15, 0.2) is 84.0 Å². The molecule has 1 N–H and O–H groups in total. The summed E-state index contributed by atoms with van der Waals surface area (Å²) >= 11 is 0. The van der Waals surface area contributed by atoms with Gasteiger partial charge in [-0.2, -0.15) is 0 Å². The van der Waals surface area contributed by atoms with Gasteiger partial charge in [-0.25, -0.2) is 4.39 Å². The number of halogens is 1. The molecule has 2 unspecified atom stereocenters. The average molecular weight is 435 g/mol. The topological polar surface area (TPSA) is 54.3 Å². The molecule has 3 aromatic carbocycles. The van der Waals surface area contributed by atoms with Crippen molar-refractivity contribution in [1.82, 2.24) is 4.90 Å². The largest absolute Gasteiger partial charge is 0.497 e. The Morgan fingerprint density at radius 2 is 1.88 bits per heavy atom. The maximum atomic E-state index is 14.2. The van der Waals surface area contributed by atoms with Gasteiger partial charge < -0.3 is 14.7 Å². The first-order chi connectivity index (χ1) is 15.6. The maximum Gasteiger partial charge on any atom is 0.145 e. The number of rotatable bonds is 9. The van der Waals surface area contributed by atoms with E-state index in [2.05, 4.69) is 10.1 Å². The van der Waals surface area contributed by atoms with Gasteiger partial charge in [0.1, 0.15) is 17.7 Å². The number of hydrogen-bond donors (Lipinski definition) is 1. The van der Waals surface area contributed by atoms with Gasteiger partial charge in [-0.05, 0) is 29.3 Å². The Labute approximate surface area is 187 Å². The van der Waals surface area contributed by atoms with E-state index >= 15 is 0 Å². The molecule has 6 heteroatoms. The van der Waals surface area contributed by atoms with Gasteiger partial charge in [0.15, 0.2) is 0 Å². The molecule has 0 saturated heterocycles. The van der Waals surface area contributed by atoms with Gasteiger partial charge in [-0.15, -0.1) is 0 Å². The second-order valence-corrected chi connectivity index (χ2v) is 7.92. The fourth-order valence-electron chi connectivity index (χ4n) is 3.93. The van der Waals surface area contributed by atoms with Gasteiger partial charge in [0.05, 0.1) is 18.9 Å². The van der Waals surface area contributed by atoms with Crippen LogP contribution in [0.3, 0.4) is 0 Å². The Balaban J connectivity index is 1.47. The summed E-state index contributed by atoms with van der Waals surface area (Å²) in [7, 11) is 1.64. The molecule has 0 radical (unpaired) electrons. The normalized spacial score (nSPS) is 16.5. The van der Waals surface area contributed by atoms with E-state index in [0.717, 1.165) is 16.9 Å². The molecule has 32 heavy (non-hydrogen) atoms. The highest BCUT2D eigenvalue weighted by Gasteiger charge is 2.27. The van der Waals surface area contributed by atoms with E-state index in [9.17, 15) is 9.50 Å². The highest BCUT2D eigenvalue weighted by molar-refractivity contribution is 6.01. The van der Waals surface area contributed by atoms with Crippen molar-refractivity contribution in [3.63, 3.8) is 0 Å². The van der Waals surface area contributed by atoms with Crippen LogP contribution in [0, 0.1) is 5.82 Å². The molecule has 2 atom stereocenters. The predicted molar refractivity (Wildman–Crippen MR) is 122 cm³/mol. The van der Waals surface area contributed by atoms with E-state index in [0.29, 0.717) is 37.3 Å². The van der Waals surface area contributed by atoms with E-state index in [1.165, 1.54) is 6.07 Å². The lowest BCUT2D eigenvalue weighted by Crippen LogP contribution is -2.35. The SMILES string of the molecule is COc1cccc(CN(CC2CC(c3ccccc3F)=NO2)CC(O)c2ccccc2)c1. The average Bonchev–Trinajstić information content (AvgIpc) is 3.28. The first-order valence-electron chi connectivity index (χ1n) is 10.7. The van der Waals surface area contributed by atoms with Crippen LogP contribution in [0.2, 0.25) is 0 Å². The molecule has 0 aromatic heterocycles. The molecule has 0 aliphatic carbocycles. The van der Waals surface area contributed by atoms with Gasteiger partial charge >= 0.3 is 0 Å². The zero-order chi connectivity index (χ0) is 22.3. The maximum absolute atomic E-state index is 14.2. The standard InChI is InChI=1S/C26H27FN2O3/c1-31-21-11-7-8-19(14-21)16-29(18-26(30)20-9-3-2-4-10-20)17-22-15-25(28-32-22)23-12-5-6-13-24(23)27/h2-14,22,26,30H,15-18H2,1H3. The molecular formula is C26H27FN2O3. The number of benzene rings is 3. The van der Waals surface area contributed by atoms with Gasteiger partial charge in [0.25, 0.3) is 0 Å². The molecule has 0 saturated carbocycles. The number of oxime groups is 1. The second kappa shape index (κ2) is 10.4. The quantitative estimate of drug-likeness (QED) is 0.536. The smallest absolute Gasteiger partial charge is 0.145 e. The number of methoxy groups -OCH3 is 1. The molecule has 0 amide bonds. The summed E-state index contributed by atoms with van der Waals surface area (Å²) in [6.07, 6.45) is -0.356. The van der Waals surface area contributed by atoms with Gasteiger partial charge in [-0.3, -0.25) is 4.90 Å². The van der Waals surface area contributed by atoms with Crippen molar-refractivity contribution in [2.45, 2.75) is 25.2 Å². The van der Waals surface area contributed by atoms with Crippen LogP contribution in [-0.2, 0) is 11.4 Å². The van der Waals surface area contributed by atoms with E-state index < -0.39 is 6.10 Å². The third-order valence-corrected chi connectivity index (χ3v) is 5.54. The van der Waals surface area contributed by atoms with Gasteiger partial charge in [0.2, 0.25) is 0 Å². The first kappa shape index (κ1) is 22.0. The minimum atomic E-state index is -0.643. The predicted octanol–water partition coefficient (Wildman–Crippen LogP) is 4.56. The molecule has 0 fully saturated rings. The molecule has 1 heterocycles. The lowest BCUT2D eigenvalue weighted by Gasteiger charge is -2.27. The Hall–Kier alpha value is -3.22. The van der Waals surface area contributed by atoms with Crippen molar-refractivity contribution >= 4 is 5.71 Å². The van der Waals surface area contributed by atoms with Crippen LogP contribution in [0.25, 0.3) is 0 Å². The summed E-state index contributed by atoms with van der Waals surface area (Å²) in [5, 5.41) is 15.0. The lowest BCUT2D eigenvalue weighted by atomic mass is 10.0. The molecule has 1 aliphatic rings. The van der Waals surface area contributed by atoms with Crippen molar-refractivity contribution in [2.24, 2.45) is 5.16 Å². The third kappa shape index (κ3) is 5.52. The highest BCUT2D eigenvalue weighted by Crippen LogP contribution is 2.23. The van der Waals surface area contributed by atoms with Crippen LogP contribution in [0.5, 0.6) is 5.75 Å². The van der Waals surface area contributed by atoms with Crippen LogP contribution in [0.1, 0.15) is 29.2 Å². The molecule has 5 nitrogen and oxygen atoms in total. The zero-order valence-corrected chi connectivity index (χ0v) is 18.0. The number of hydrogen-bond acceptors (Lipinski definition) is 5. The van der Waals surface area contributed by atoms with E-state index in [1.807, 2.05) is 54.6 Å². The van der Waals surface area contributed by atoms with E-state index in [4.69, 9.17) is 9.57 Å². The second-order valence-electron chi connectivity index (χ2n) is 7.92. The molecule has 3 aromatic rings. The van der Waals surface area contributed by atoms with Gasteiger partial charge in [-0.1, -0.05) is 65.8 Å². The summed E-state index contributed by atoms with van der Waals surface area (Å²) in [5.41, 5.74) is 3.01. The van der Waals surface area contributed by atoms with Crippen LogP contribution in [0.4, 0.5) is 4.39 Å². The summed E-state index contributed by atoms with van der Waals surface area (Å²) in [4.78, 5) is 7.78.